The first-order valence-electron chi connectivity index (χ1n) is 6.03. The Bertz CT molecular complexity index is 341. The van der Waals surface area contributed by atoms with E-state index in [1.165, 1.54) is 7.11 Å². The van der Waals surface area contributed by atoms with E-state index in [2.05, 4.69) is 14.4 Å². The Morgan fingerprint density at radius 3 is 2.50 bits per heavy atom. The molecule has 0 amide bonds. The van der Waals surface area contributed by atoms with Gasteiger partial charge in [0.15, 0.2) is 0 Å². The van der Waals surface area contributed by atoms with Crippen LogP contribution < -0.4 is 4.72 Å². The molecule has 1 N–H and O–H groups in total. The molecule has 0 heterocycles. The van der Waals surface area contributed by atoms with Crippen molar-refractivity contribution in [3.63, 3.8) is 0 Å². The predicted octanol–water partition coefficient (Wildman–Crippen LogP) is 0.199. The third-order valence-electron chi connectivity index (χ3n) is 2.69. The lowest BCUT2D eigenvalue weighted by Crippen LogP contribution is -2.37. The Kier molecular flexibility index (Phi) is 8.13. The van der Waals surface area contributed by atoms with E-state index in [4.69, 9.17) is 0 Å². The molecular formula is C11H24N2O4S. The summed E-state index contributed by atoms with van der Waals surface area (Å²) in [5.41, 5.74) is 0. The minimum atomic E-state index is -3.29. The number of nitrogens with one attached hydrogen (secondary N) is 1. The number of hydrogen-bond donors (Lipinski definition) is 1. The van der Waals surface area contributed by atoms with Gasteiger partial charge in [0, 0.05) is 25.6 Å². The summed E-state index contributed by atoms with van der Waals surface area (Å²) in [6.45, 7) is 5.14. The summed E-state index contributed by atoms with van der Waals surface area (Å²) in [7, 11) is -0.0621. The molecule has 7 heteroatoms. The maximum atomic E-state index is 11.6. The van der Waals surface area contributed by atoms with Gasteiger partial charge in [0.05, 0.1) is 12.9 Å². The van der Waals surface area contributed by atoms with Crippen molar-refractivity contribution in [2.45, 2.75) is 32.7 Å². The summed E-state index contributed by atoms with van der Waals surface area (Å²) in [4.78, 5) is 12.9. The molecule has 0 aromatic heterocycles. The van der Waals surface area contributed by atoms with Crippen LogP contribution in [-0.4, -0.2) is 58.3 Å². The highest BCUT2D eigenvalue weighted by Crippen LogP contribution is 1.97. The molecule has 0 bridgehead atoms. The summed E-state index contributed by atoms with van der Waals surface area (Å²) < 4.78 is 30.1. The normalized spacial score (nSPS) is 12.1. The van der Waals surface area contributed by atoms with Crippen molar-refractivity contribution in [3.05, 3.63) is 0 Å². The van der Waals surface area contributed by atoms with Crippen LogP contribution in [0.25, 0.3) is 0 Å². The second-order valence-electron chi connectivity index (χ2n) is 4.47. The minimum Gasteiger partial charge on any atom is -0.469 e. The molecule has 108 valence electrons. The summed E-state index contributed by atoms with van der Waals surface area (Å²) >= 11 is 0. The van der Waals surface area contributed by atoms with Gasteiger partial charge in [-0.2, -0.15) is 0 Å². The monoisotopic (exact) mass is 280 g/mol. The summed E-state index contributed by atoms with van der Waals surface area (Å²) in [6, 6.07) is 0.383. The van der Waals surface area contributed by atoms with Gasteiger partial charge in [-0.05, 0) is 27.3 Å². The number of carbonyl (C=O) groups excluding carboxylic acids is 1. The van der Waals surface area contributed by atoms with E-state index in [0.717, 1.165) is 0 Å². The standard InChI is InChI=1S/C11H24N2O4S/c1-10(2)13(3)8-7-12-18(15,16)9-5-6-11(14)17-4/h10,12H,5-9H2,1-4H3. The smallest absolute Gasteiger partial charge is 0.305 e. The van der Waals surface area contributed by atoms with Crippen molar-refractivity contribution in [3.8, 4) is 0 Å². The van der Waals surface area contributed by atoms with Gasteiger partial charge in [-0.1, -0.05) is 0 Å². The number of methoxy groups -OCH3 is 1. The summed E-state index contributed by atoms with van der Waals surface area (Å²) in [6.07, 6.45) is 0.408. The van der Waals surface area contributed by atoms with Crippen LogP contribution in [0.2, 0.25) is 0 Å². The highest BCUT2D eigenvalue weighted by atomic mass is 32.2. The first-order valence-corrected chi connectivity index (χ1v) is 7.68. The Hall–Kier alpha value is -0.660. The van der Waals surface area contributed by atoms with Gasteiger partial charge in [0.25, 0.3) is 0 Å². The summed E-state index contributed by atoms with van der Waals surface area (Å²) in [5.74, 6) is -0.433. The molecule has 0 aliphatic carbocycles. The van der Waals surface area contributed by atoms with Crippen LogP contribution in [0, 0.1) is 0 Å². The number of esters is 1. The quantitative estimate of drug-likeness (QED) is 0.611. The first-order chi connectivity index (χ1) is 8.28. The second kappa shape index (κ2) is 8.44. The Labute approximate surface area is 110 Å². The van der Waals surface area contributed by atoms with Crippen LogP contribution in [0.3, 0.4) is 0 Å². The van der Waals surface area contributed by atoms with Gasteiger partial charge in [-0.3, -0.25) is 4.79 Å². The lowest BCUT2D eigenvalue weighted by molar-refractivity contribution is -0.140. The van der Waals surface area contributed by atoms with E-state index in [0.29, 0.717) is 19.1 Å². The van der Waals surface area contributed by atoms with Gasteiger partial charge in [-0.15, -0.1) is 0 Å². The van der Waals surface area contributed by atoms with Crippen molar-refractivity contribution in [1.29, 1.82) is 0 Å². The van der Waals surface area contributed by atoms with E-state index in [1.54, 1.807) is 0 Å². The van der Waals surface area contributed by atoms with E-state index >= 15 is 0 Å². The molecule has 0 fully saturated rings. The van der Waals surface area contributed by atoms with Crippen molar-refractivity contribution in [1.82, 2.24) is 9.62 Å². The SMILES string of the molecule is COC(=O)CCCS(=O)(=O)NCCN(C)C(C)C. The molecule has 6 nitrogen and oxygen atoms in total. The lowest BCUT2D eigenvalue weighted by atomic mass is 10.3. The number of nitrogens with zero attached hydrogens (tertiary/aromatic N) is 1. The van der Waals surface area contributed by atoms with Crippen LogP contribution >= 0.6 is 0 Å². The topological polar surface area (TPSA) is 75.7 Å². The molecule has 0 aliphatic rings. The van der Waals surface area contributed by atoms with E-state index < -0.39 is 10.0 Å². The highest BCUT2D eigenvalue weighted by molar-refractivity contribution is 7.89. The van der Waals surface area contributed by atoms with E-state index in [-0.39, 0.29) is 24.6 Å². The highest BCUT2D eigenvalue weighted by Gasteiger charge is 2.12. The fourth-order valence-electron chi connectivity index (χ4n) is 1.22. The Balaban J connectivity index is 3.84. The zero-order valence-electron chi connectivity index (χ0n) is 11.6. The van der Waals surface area contributed by atoms with E-state index in [1.807, 2.05) is 20.9 Å². The maximum absolute atomic E-state index is 11.6. The first kappa shape index (κ1) is 17.3. The molecule has 0 aromatic rings. The number of hydrogen-bond acceptors (Lipinski definition) is 5. The maximum Gasteiger partial charge on any atom is 0.305 e. The number of sulfonamides is 1. The molecule has 18 heavy (non-hydrogen) atoms. The predicted molar refractivity (Wildman–Crippen MR) is 70.8 cm³/mol. The van der Waals surface area contributed by atoms with Crippen LogP contribution in [0.1, 0.15) is 26.7 Å². The van der Waals surface area contributed by atoms with E-state index in [9.17, 15) is 13.2 Å². The molecular weight excluding hydrogens is 256 g/mol. The largest absolute Gasteiger partial charge is 0.469 e. The molecule has 0 saturated heterocycles. The third-order valence-corrected chi connectivity index (χ3v) is 4.16. The van der Waals surface area contributed by atoms with Gasteiger partial charge in [-0.25, -0.2) is 13.1 Å². The van der Waals surface area contributed by atoms with Gasteiger partial charge in [0.2, 0.25) is 10.0 Å². The average molecular weight is 280 g/mol. The number of likely N-dealkylation sites (N-methyl/N-ethyl adjacent to an activating group) is 1. The Morgan fingerprint density at radius 2 is 2.00 bits per heavy atom. The molecule has 0 aliphatic heterocycles. The molecule has 0 atom stereocenters. The molecule has 0 aromatic carbocycles. The zero-order valence-corrected chi connectivity index (χ0v) is 12.4. The van der Waals surface area contributed by atoms with Gasteiger partial charge in [0.1, 0.15) is 0 Å². The van der Waals surface area contributed by atoms with Crippen molar-refractivity contribution in [2.24, 2.45) is 0 Å². The minimum absolute atomic E-state index is 0.0481. The van der Waals surface area contributed by atoms with Crippen LogP contribution in [0.5, 0.6) is 0 Å². The molecule has 0 radical (unpaired) electrons. The van der Waals surface area contributed by atoms with Gasteiger partial charge < -0.3 is 9.64 Å². The fraction of sp³-hybridized carbons (Fsp3) is 0.909. The average Bonchev–Trinajstić information content (AvgIpc) is 2.27. The van der Waals surface area contributed by atoms with Gasteiger partial charge >= 0.3 is 5.97 Å². The van der Waals surface area contributed by atoms with Crippen LogP contribution in [0.4, 0.5) is 0 Å². The second-order valence-corrected chi connectivity index (χ2v) is 6.39. The van der Waals surface area contributed by atoms with Crippen LogP contribution in [-0.2, 0) is 19.6 Å². The summed E-state index contributed by atoms with van der Waals surface area (Å²) in [5, 5.41) is 0. The lowest BCUT2D eigenvalue weighted by Gasteiger charge is -2.20. The Morgan fingerprint density at radius 1 is 1.39 bits per heavy atom. The van der Waals surface area contributed by atoms with Crippen LogP contribution in [0.15, 0.2) is 0 Å². The van der Waals surface area contributed by atoms with Crippen molar-refractivity contribution >= 4 is 16.0 Å². The fourth-order valence-corrected chi connectivity index (χ4v) is 2.29. The molecule has 0 saturated carbocycles. The molecule has 0 spiro atoms. The zero-order chi connectivity index (χ0) is 14.2. The number of ether oxygens (including phenoxy) is 1. The van der Waals surface area contributed by atoms with Crippen molar-refractivity contribution in [2.75, 3.05) is 33.0 Å². The number of rotatable bonds is 9. The van der Waals surface area contributed by atoms with Crippen molar-refractivity contribution < 1.29 is 17.9 Å². The third kappa shape index (κ3) is 8.43. The molecule has 0 rings (SSSR count). The number of carbonyl (C=O) groups is 1. The molecule has 0 unspecified atom stereocenters.